The first-order valence-electron chi connectivity index (χ1n) is 6.15. The molecule has 0 aliphatic heterocycles. The summed E-state index contributed by atoms with van der Waals surface area (Å²) in [5.74, 6) is -0.782. The zero-order chi connectivity index (χ0) is 14.7. The lowest BCUT2D eigenvalue weighted by Crippen LogP contribution is -2.14. The predicted octanol–water partition coefficient (Wildman–Crippen LogP) is 3.13. The standard InChI is InChI=1S/C15H10FN3O2/c16-14-12(5-2-6-18-14)15(20)19-11-4-1-3-10(7-11)13-8-17-9-21-13/h1-9H,(H,19,20). The van der Waals surface area contributed by atoms with Gasteiger partial charge in [0, 0.05) is 17.4 Å². The van der Waals surface area contributed by atoms with Crippen molar-refractivity contribution in [3.05, 3.63) is 66.7 Å². The van der Waals surface area contributed by atoms with Gasteiger partial charge >= 0.3 is 0 Å². The molecule has 2 heterocycles. The third kappa shape index (κ3) is 2.79. The number of aromatic nitrogens is 2. The number of rotatable bonds is 3. The van der Waals surface area contributed by atoms with Gasteiger partial charge in [0.05, 0.1) is 11.8 Å². The van der Waals surface area contributed by atoms with E-state index in [1.165, 1.54) is 24.7 Å². The minimum atomic E-state index is -0.804. The van der Waals surface area contributed by atoms with Crippen molar-refractivity contribution in [2.24, 2.45) is 0 Å². The molecule has 0 aliphatic carbocycles. The van der Waals surface area contributed by atoms with Crippen LogP contribution in [0.2, 0.25) is 0 Å². The van der Waals surface area contributed by atoms with E-state index in [0.29, 0.717) is 11.4 Å². The van der Waals surface area contributed by atoms with E-state index < -0.39 is 11.9 Å². The topological polar surface area (TPSA) is 68.0 Å². The van der Waals surface area contributed by atoms with Crippen LogP contribution in [-0.4, -0.2) is 15.9 Å². The monoisotopic (exact) mass is 283 g/mol. The van der Waals surface area contributed by atoms with Gasteiger partial charge < -0.3 is 9.73 Å². The normalized spacial score (nSPS) is 10.3. The molecule has 0 radical (unpaired) electrons. The van der Waals surface area contributed by atoms with E-state index in [1.807, 2.05) is 6.07 Å². The number of anilines is 1. The van der Waals surface area contributed by atoms with Crippen molar-refractivity contribution in [2.45, 2.75) is 0 Å². The maximum Gasteiger partial charge on any atom is 0.260 e. The number of benzene rings is 1. The summed E-state index contributed by atoms with van der Waals surface area (Å²) in [7, 11) is 0. The number of carbonyl (C=O) groups is 1. The molecule has 1 aromatic carbocycles. The van der Waals surface area contributed by atoms with Crippen LogP contribution in [-0.2, 0) is 0 Å². The summed E-state index contributed by atoms with van der Waals surface area (Å²) in [5.41, 5.74) is 1.18. The summed E-state index contributed by atoms with van der Waals surface area (Å²) in [5, 5.41) is 2.62. The predicted molar refractivity (Wildman–Crippen MR) is 74.1 cm³/mol. The molecular formula is C15H10FN3O2. The summed E-state index contributed by atoms with van der Waals surface area (Å²) in [4.78, 5) is 19.3. The van der Waals surface area contributed by atoms with Crippen LogP contribution in [0.25, 0.3) is 11.3 Å². The van der Waals surface area contributed by atoms with Crippen molar-refractivity contribution in [1.29, 1.82) is 0 Å². The van der Waals surface area contributed by atoms with Gasteiger partial charge in [0.2, 0.25) is 5.95 Å². The van der Waals surface area contributed by atoms with Gasteiger partial charge in [-0.1, -0.05) is 12.1 Å². The number of hydrogen-bond acceptors (Lipinski definition) is 4. The Morgan fingerprint density at radius 3 is 2.90 bits per heavy atom. The van der Waals surface area contributed by atoms with E-state index in [0.717, 1.165) is 5.56 Å². The molecular weight excluding hydrogens is 273 g/mol. The molecule has 0 fully saturated rings. The van der Waals surface area contributed by atoms with E-state index in [2.05, 4.69) is 15.3 Å². The fourth-order valence-corrected chi connectivity index (χ4v) is 1.86. The number of nitrogens with one attached hydrogen (secondary N) is 1. The van der Waals surface area contributed by atoms with Crippen LogP contribution in [0.4, 0.5) is 10.1 Å². The molecule has 5 nitrogen and oxygen atoms in total. The first-order valence-corrected chi connectivity index (χ1v) is 6.15. The van der Waals surface area contributed by atoms with Crippen LogP contribution < -0.4 is 5.32 Å². The van der Waals surface area contributed by atoms with Gasteiger partial charge in [-0.05, 0) is 24.3 Å². The SMILES string of the molecule is O=C(Nc1cccc(-c2cnco2)c1)c1cccnc1F. The fraction of sp³-hybridized carbons (Fsp3) is 0. The Balaban J connectivity index is 1.84. The zero-order valence-corrected chi connectivity index (χ0v) is 10.8. The second kappa shape index (κ2) is 5.54. The highest BCUT2D eigenvalue weighted by Crippen LogP contribution is 2.22. The van der Waals surface area contributed by atoms with Crippen molar-refractivity contribution >= 4 is 11.6 Å². The maximum atomic E-state index is 13.5. The second-order valence-electron chi connectivity index (χ2n) is 4.24. The van der Waals surface area contributed by atoms with E-state index >= 15 is 0 Å². The molecule has 0 saturated carbocycles. The summed E-state index contributed by atoms with van der Waals surface area (Å²) >= 11 is 0. The average Bonchev–Trinajstić information content (AvgIpc) is 3.02. The third-order valence-electron chi connectivity index (χ3n) is 2.84. The van der Waals surface area contributed by atoms with Crippen molar-refractivity contribution in [1.82, 2.24) is 9.97 Å². The Kier molecular flexibility index (Phi) is 3.42. The van der Waals surface area contributed by atoms with Gasteiger partial charge in [-0.2, -0.15) is 4.39 Å². The Bertz CT molecular complexity index is 772. The van der Waals surface area contributed by atoms with Crippen LogP contribution in [0.3, 0.4) is 0 Å². The van der Waals surface area contributed by atoms with Crippen molar-refractivity contribution in [2.75, 3.05) is 5.32 Å². The van der Waals surface area contributed by atoms with E-state index in [1.54, 1.807) is 24.4 Å². The number of carbonyl (C=O) groups excluding carboxylic acids is 1. The average molecular weight is 283 g/mol. The van der Waals surface area contributed by atoms with E-state index in [-0.39, 0.29) is 5.56 Å². The number of pyridine rings is 1. The minimum absolute atomic E-state index is 0.109. The molecule has 0 unspecified atom stereocenters. The van der Waals surface area contributed by atoms with Gasteiger partial charge in [-0.3, -0.25) is 4.79 Å². The van der Waals surface area contributed by atoms with Crippen LogP contribution in [0.5, 0.6) is 0 Å². The highest BCUT2D eigenvalue weighted by Gasteiger charge is 2.12. The van der Waals surface area contributed by atoms with Gasteiger partial charge in [-0.15, -0.1) is 0 Å². The molecule has 0 spiro atoms. The molecule has 0 bridgehead atoms. The van der Waals surface area contributed by atoms with Gasteiger partial charge in [0.25, 0.3) is 5.91 Å². The molecule has 104 valence electrons. The van der Waals surface area contributed by atoms with Crippen LogP contribution in [0, 0.1) is 5.95 Å². The zero-order valence-electron chi connectivity index (χ0n) is 10.8. The second-order valence-corrected chi connectivity index (χ2v) is 4.24. The molecule has 21 heavy (non-hydrogen) atoms. The lowest BCUT2D eigenvalue weighted by atomic mass is 10.1. The molecule has 0 atom stereocenters. The molecule has 2 aromatic heterocycles. The summed E-state index contributed by atoms with van der Waals surface area (Å²) < 4.78 is 18.6. The molecule has 1 amide bonds. The van der Waals surface area contributed by atoms with E-state index in [4.69, 9.17) is 4.42 Å². The Hall–Kier alpha value is -3.02. The summed E-state index contributed by atoms with van der Waals surface area (Å²) in [6, 6.07) is 9.87. The Morgan fingerprint density at radius 1 is 1.24 bits per heavy atom. The number of amides is 1. The van der Waals surface area contributed by atoms with Gasteiger partial charge in [0.15, 0.2) is 12.2 Å². The first kappa shape index (κ1) is 13.0. The number of nitrogens with zero attached hydrogens (tertiary/aromatic N) is 2. The molecule has 3 aromatic rings. The van der Waals surface area contributed by atoms with Gasteiger partial charge in [-0.25, -0.2) is 9.97 Å². The number of halogens is 1. The van der Waals surface area contributed by atoms with Gasteiger partial charge in [0.1, 0.15) is 0 Å². The van der Waals surface area contributed by atoms with Crippen molar-refractivity contribution in [3.8, 4) is 11.3 Å². The lowest BCUT2D eigenvalue weighted by molar-refractivity contribution is 0.102. The third-order valence-corrected chi connectivity index (χ3v) is 2.84. The fourth-order valence-electron chi connectivity index (χ4n) is 1.86. The lowest BCUT2D eigenvalue weighted by Gasteiger charge is -2.06. The molecule has 3 rings (SSSR count). The molecule has 6 heteroatoms. The molecule has 0 aliphatic rings. The van der Waals surface area contributed by atoms with Crippen molar-refractivity contribution < 1.29 is 13.6 Å². The molecule has 0 saturated heterocycles. The van der Waals surface area contributed by atoms with Crippen LogP contribution >= 0.6 is 0 Å². The largest absolute Gasteiger partial charge is 0.444 e. The van der Waals surface area contributed by atoms with Crippen LogP contribution in [0.15, 0.2) is 59.6 Å². The number of oxazole rings is 1. The quantitative estimate of drug-likeness (QED) is 0.750. The summed E-state index contributed by atoms with van der Waals surface area (Å²) in [6.07, 6.45) is 4.18. The Morgan fingerprint density at radius 2 is 2.14 bits per heavy atom. The van der Waals surface area contributed by atoms with Crippen molar-refractivity contribution in [3.63, 3.8) is 0 Å². The smallest absolute Gasteiger partial charge is 0.260 e. The Labute approximate surface area is 119 Å². The van der Waals surface area contributed by atoms with Crippen LogP contribution in [0.1, 0.15) is 10.4 Å². The maximum absolute atomic E-state index is 13.5. The number of hydrogen-bond donors (Lipinski definition) is 1. The first-order chi connectivity index (χ1) is 10.2. The highest BCUT2D eigenvalue weighted by molar-refractivity contribution is 6.04. The van der Waals surface area contributed by atoms with E-state index in [9.17, 15) is 9.18 Å². The highest BCUT2D eigenvalue weighted by atomic mass is 19.1. The molecule has 1 N–H and O–H groups in total. The minimum Gasteiger partial charge on any atom is -0.444 e. The summed E-state index contributed by atoms with van der Waals surface area (Å²) in [6.45, 7) is 0.